The Hall–Kier alpha value is -1.81. The number of rotatable bonds is 4. The van der Waals surface area contributed by atoms with Gasteiger partial charge in [0.25, 0.3) is 0 Å². The van der Waals surface area contributed by atoms with Crippen LogP contribution in [0.2, 0.25) is 0 Å². The lowest BCUT2D eigenvalue weighted by atomic mass is 9.77. The van der Waals surface area contributed by atoms with Crippen LogP contribution in [0.4, 0.5) is 0 Å². The Morgan fingerprint density at radius 3 is 3.06 bits per heavy atom. The summed E-state index contributed by atoms with van der Waals surface area (Å²) < 4.78 is 5.59. The van der Waals surface area contributed by atoms with Gasteiger partial charge in [0.1, 0.15) is 5.75 Å². The minimum absolute atomic E-state index is 0.162. The van der Waals surface area contributed by atoms with Crippen molar-refractivity contribution < 1.29 is 14.6 Å². The van der Waals surface area contributed by atoms with E-state index in [0.29, 0.717) is 24.5 Å². The Labute approximate surface area is 106 Å². The van der Waals surface area contributed by atoms with E-state index in [1.54, 1.807) is 18.2 Å². The molecule has 2 N–H and O–H groups in total. The van der Waals surface area contributed by atoms with Crippen molar-refractivity contribution in [2.45, 2.75) is 12.5 Å². The summed E-state index contributed by atoms with van der Waals surface area (Å²) in [7, 11) is 0. The molecule has 0 aliphatic carbocycles. The third-order valence-corrected chi connectivity index (χ3v) is 3.40. The highest BCUT2D eigenvalue weighted by Gasteiger charge is 2.49. The molecule has 18 heavy (non-hydrogen) atoms. The molecule has 2 rings (SSSR count). The van der Waals surface area contributed by atoms with E-state index in [1.165, 1.54) is 0 Å². The highest BCUT2D eigenvalue weighted by molar-refractivity contribution is 5.83. The zero-order valence-corrected chi connectivity index (χ0v) is 10.3. The Kier molecular flexibility index (Phi) is 3.39. The minimum Gasteiger partial charge on any atom is -0.493 e. The van der Waals surface area contributed by atoms with Gasteiger partial charge in [-0.05, 0) is 6.07 Å². The smallest absolute Gasteiger partial charge is 0.329 e. The number of carbonyl (C=O) groups is 1. The number of nitrogens with one attached hydrogen (secondary N) is 1. The molecular weight excluding hydrogens is 230 g/mol. The number of fused-ring (bicyclic) bond motifs is 1. The van der Waals surface area contributed by atoms with Gasteiger partial charge < -0.3 is 9.84 Å². The Bertz CT molecular complexity index is 472. The van der Waals surface area contributed by atoms with Crippen molar-refractivity contribution >= 4 is 5.97 Å². The van der Waals surface area contributed by atoms with Gasteiger partial charge in [-0.1, -0.05) is 31.2 Å². The van der Waals surface area contributed by atoms with Gasteiger partial charge in [0, 0.05) is 18.0 Å². The van der Waals surface area contributed by atoms with Gasteiger partial charge in [0.2, 0.25) is 0 Å². The first kappa shape index (κ1) is 12.6. The van der Waals surface area contributed by atoms with Gasteiger partial charge in [-0.3, -0.25) is 5.32 Å². The SMILES string of the molecule is C=CCNC1(C(=O)O)c2ccccc2OCC1C. The summed E-state index contributed by atoms with van der Waals surface area (Å²) in [6.07, 6.45) is 1.66. The molecule has 0 bridgehead atoms. The number of hydrogen-bond donors (Lipinski definition) is 2. The Morgan fingerprint density at radius 2 is 2.39 bits per heavy atom. The van der Waals surface area contributed by atoms with Crippen LogP contribution >= 0.6 is 0 Å². The number of aliphatic carboxylic acids is 1. The van der Waals surface area contributed by atoms with E-state index in [9.17, 15) is 9.90 Å². The normalized spacial score (nSPS) is 25.9. The van der Waals surface area contributed by atoms with E-state index >= 15 is 0 Å². The lowest BCUT2D eigenvalue weighted by Crippen LogP contribution is -2.57. The van der Waals surface area contributed by atoms with E-state index in [2.05, 4.69) is 11.9 Å². The molecule has 4 heteroatoms. The fraction of sp³-hybridized carbons (Fsp3) is 0.357. The number of carboxylic acid groups (broad SMARTS) is 1. The molecule has 0 fully saturated rings. The average molecular weight is 247 g/mol. The molecule has 0 aromatic heterocycles. The lowest BCUT2D eigenvalue weighted by Gasteiger charge is -2.40. The molecule has 1 heterocycles. The zero-order chi connectivity index (χ0) is 13.2. The minimum atomic E-state index is -1.11. The molecule has 0 saturated carbocycles. The highest BCUT2D eigenvalue weighted by Crippen LogP contribution is 2.40. The number of para-hydroxylation sites is 1. The zero-order valence-electron chi connectivity index (χ0n) is 10.3. The molecule has 0 amide bonds. The molecule has 4 nitrogen and oxygen atoms in total. The van der Waals surface area contributed by atoms with Crippen LogP contribution in [0.5, 0.6) is 5.75 Å². The molecule has 2 unspecified atom stereocenters. The molecular formula is C14H17NO3. The molecule has 0 radical (unpaired) electrons. The van der Waals surface area contributed by atoms with Crippen molar-refractivity contribution in [3.05, 3.63) is 42.5 Å². The van der Waals surface area contributed by atoms with Gasteiger partial charge >= 0.3 is 5.97 Å². The maximum absolute atomic E-state index is 11.8. The van der Waals surface area contributed by atoms with Crippen LogP contribution < -0.4 is 10.1 Å². The number of benzene rings is 1. The van der Waals surface area contributed by atoms with Crippen molar-refractivity contribution in [3.8, 4) is 5.75 Å². The second kappa shape index (κ2) is 4.82. The summed E-state index contributed by atoms with van der Waals surface area (Å²) in [4.78, 5) is 11.8. The second-order valence-corrected chi connectivity index (χ2v) is 4.49. The lowest BCUT2D eigenvalue weighted by molar-refractivity contribution is -0.149. The predicted molar refractivity (Wildman–Crippen MR) is 68.6 cm³/mol. The van der Waals surface area contributed by atoms with Crippen LogP contribution in [0, 0.1) is 5.92 Å². The summed E-state index contributed by atoms with van der Waals surface area (Å²) in [6, 6.07) is 7.27. The fourth-order valence-electron chi connectivity index (χ4n) is 2.43. The first-order chi connectivity index (χ1) is 8.63. The molecule has 96 valence electrons. The van der Waals surface area contributed by atoms with Crippen molar-refractivity contribution in [3.63, 3.8) is 0 Å². The molecule has 0 saturated heterocycles. The van der Waals surface area contributed by atoms with Gasteiger partial charge in [-0.25, -0.2) is 4.79 Å². The van der Waals surface area contributed by atoms with Crippen molar-refractivity contribution in [1.29, 1.82) is 0 Å². The third kappa shape index (κ3) is 1.78. The first-order valence-corrected chi connectivity index (χ1v) is 5.94. The predicted octanol–water partition coefficient (Wildman–Crippen LogP) is 1.77. The van der Waals surface area contributed by atoms with Gasteiger partial charge in [0.05, 0.1) is 6.61 Å². The third-order valence-electron chi connectivity index (χ3n) is 3.40. The van der Waals surface area contributed by atoms with Crippen molar-refractivity contribution in [2.24, 2.45) is 5.92 Å². The van der Waals surface area contributed by atoms with E-state index in [4.69, 9.17) is 4.74 Å². The summed E-state index contributed by atoms with van der Waals surface area (Å²) >= 11 is 0. The molecule has 1 aromatic carbocycles. The maximum Gasteiger partial charge on any atom is 0.329 e. The quantitative estimate of drug-likeness (QED) is 0.796. The van der Waals surface area contributed by atoms with E-state index in [0.717, 1.165) is 0 Å². The monoisotopic (exact) mass is 247 g/mol. The molecule has 1 aromatic rings. The standard InChI is InChI=1S/C14H17NO3/c1-3-8-15-14(13(16)17)10(2)9-18-12-7-5-4-6-11(12)14/h3-7,10,15H,1,8-9H2,2H3,(H,16,17). The number of hydrogen-bond acceptors (Lipinski definition) is 3. The van der Waals surface area contributed by atoms with Crippen LogP contribution in [0.1, 0.15) is 12.5 Å². The van der Waals surface area contributed by atoms with Crippen LogP contribution in [0.25, 0.3) is 0 Å². The van der Waals surface area contributed by atoms with Gasteiger partial charge in [-0.2, -0.15) is 0 Å². The Morgan fingerprint density at radius 1 is 1.67 bits per heavy atom. The Balaban J connectivity index is 2.55. The van der Waals surface area contributed by atoms with Crippen LogP contribution in [-0.4, -0.2) is 24.2 Å². The summed E-state index contributed by atoms with van der Waals surface area (Å²) in [5.41, 5.74) is -0.429. The first-order valence-electron chi connectivity index (χ1n) is 5.94. The molecule has 0 spiro atoms. The van der Waals surface area contributed by atoms with Gasteiger partial charge in [-0.15, -0.1) is 6.58 Å². The van der Waals surface area contributed by atoms with Crippen LogP contribution in [-0.2, 0) is 10.3 Å². The van der Waals surface area contributed by atoms with Crippen molar-refractivity contribution in [2.75, 3.05) is 13.2 Å². The summed E-state index contributed by atoms with van der Waals surface area (Å²) in [5, 5.41) is 12.8. The van der Waals surface area contributed by atoms with E-state index < -0.39 is 11.5 Å². The molecule has 1 aliphatic rings. The van der Waals surface area contributed by atoms with E-state index in [1.807, 2.05) is 19.1 Å². The van der Waals surface area contributed by atoms with Crippen molar-refractivity contribution in [1.82, 2.24) is 5.32 Å². The fourth-order valence-corrected chi connectivity index (χ4v) is 2.43. The number of carboxylic acids is 1. The topological polar surface area (TPSA) is 58.6 Å². The van der Waals surface area contributed by atoms with Crippen LogP contribution in [0.15, 0.2) is 36.9 Å². The molecule has 2 atom stereocenters. The highest BCUT2D eigenvalue weighted by atomic mass is 16.5. The largest absolute Gasteiger partial charge is 0.493 e. The maximum atomic E-state index is 11.8. The van der Waals surface area contributed by atoms with E-state index in [-0.39, 0.29) is 5.92 Å². The number of ether oxygens (including phenoxy) is 1. The second-order valence-electron chi connectivity index (χ2n) is 4.49. The average Bonchev–Trinajstić information content (AvgIpc) is 2.37. The molecule has 1 aliphatic heterocycles. The summed E-state index contributed by atoms with van der Waals surface area (Å²) in [5.74, 6) is -0.410. The van der Waals surface area contributed by atoms with Crippen LogP contribution in [0.3, 0.4) is 0 Å². The van der Waals surface area contributed by atoms with Gasteiger partial charge in [0.15, 0.2) is 5.54 Å². The summed E-state index contributed by atoms with van der Waals surface area (Å²) in [6.45, 7) is 6.32.